The molecule has 2 fully saturated rings. The zero-order chi connectivity index (χ0) is 27.8. The molecule has 2 N–H and O–H groups in total. The Morgan fingerprint density at radius 3 is 2.56 bits per heavy atom. The molecule has 5 rings (SSSR count). The van der Waals surface area contributed by atoms with E-state index in [9.17, 15) is 9.90 Å². The second kappa shape index (κ2) is 10.6. The molecule has 0 unspecified atom stereocenters. The summed E-state index contributed by atoms with van der Waals surface area (Å²) in [6.45, 7) is 13.4. The Morgan fingerprint density at radius 1 is 1.15 bits per heavy atom. The minimum Gasteiger partial charge on any atom is -0.389 e. The number of likely N-dealkylation sites (tertiary alicyclic amines) is 1. The van der Waals surface area contributed by atoms with Crippen molar-refractivity contribution in [1.29, 1.82) is 0 Å². The van der Waals surface area contributed by atoms with Crippen LogP contribution < -0.4 is 10.2 Å². The predicted molar refractivity (Wildman–Crippen MR) is 152 cm³/mol. The number of hydrogen-bond donors (Lipinski definition) is 2. The van der Waals surface area contributed by atoms with Gasteiger partial charge in [-0.1, -0.05) is 13.8 Å². The fraction of sp³-hybridized carbons (Fsp3) is 0.552. The van der Waals surface area contributed by atoms with Crippen molar-refractivity contribution in [2.24, 2.45) is 11.3 Å². The van der Waals surface area contributed by atoms with Crippen LogP contribution in [-0.4, -0.2) is 72.4 Å². The molecule has 0 aromatic carbocycles. The van der Waals surface area contributed by atoms with E-state index in [1.54, 1.807) is 31.6 Å². The van der Waals surface area contributed by atoms with Gasteiger partial charge in [0.15, 0.2) is 5.82 Å². The van der Waals surface area contributed by atoms with Crippen molar-refractivity contribution in [3.05, 3.63) is 42.4 Å². The van der Waals surface area contributed by atoms with Crippen molar-refractivity contribution < 1.29 is 9.90 Å². The number of piperidine rings is 1. The Hall–Kier alpha value is -3.53. The van der Waals surface area contributed by atoms with E-state index in [-0.39, 0.29) is 11.3 Å². The maximum absolute atomic E-state index is 11.8. The zero-order valence-electron chi connectivity index (χ0n) is 23.7. The molecule has 0 radical (unpaired) electrons. The molecular weight excluding hydrogens is 492 g/mol. The molecule has 39 heavy (non-hydrogen) atoms. The molecule has 0 bridgehead atoms. The van der Waals surface area contributed by atoms with Crippen LogP contribution >= 0.6 is 0 Å². The van der Waals surface area contributed by atoms with E-state index >= 15 is 0 Å². The summed E-state index contributed by atoms with van der Waals surface area (Å²) < 4.78 is 1.72. The van der Waals surface area contributed by atoms with Crippen LogP contribution in [0.4, 0.5) is 17.5 Å². The van der Waals surface area contributed by atoms with Gasteiger partial charge in [-0.25, -0.2) is 15.0 Å². The van der Waals surface area contributed by atoms with Gasteiger partial charge in [-0.3, -0.25) is 9.48 Å². The first-order valence-electron chi connectivity index (χ1n) is 13.8. The highest BCUT2D eigenvalue weighted by Crippen LogP contribution is 2.42. The number of rotatable bonds is 8. The second-order valence-electron chi connectivity index (χ2n) is 12.3. The Morgan fingerprint density at radius 2 is 1.90 bits per heavy atom. The SMILES string of the molecule is CC(=O)N1CCC2(CC1)CN(c1cc(Nc3cc(CC(C)C)ccn3)nc(-c3cnn(CC(C)(C)O)c3)n1)C2. The normalized spacial score (nSPS) is 17.0. The summed E-state index contributed by atoms with van der Waals surface area (Å²) >= 11 is 0. The molecule has 10 heteroatoms. The van der Waals surface area contributed by atoms with E-state index in [0.717, 1.165) is 62.6 Å². The maximum atomic E-state index is 11.8. The highest BCUT2D eigenvalue weighted by molar-refractivity contribution is 5.73. The fourth-order valence-electron chi connectivity index (χ4n) is 5.56. The molecule has 2 aliphatic rings. The summed E-state index contributed by atoms with van der Waals surface area (Å²) in [7, 11) is 0. The lowest BCUT2D eigenvalue weighted by Gasteiger charge is -2.54. The van der Waals surface area contributed by atoms with Crippen molar-refractivity contribution in [3.8, 4) is 11.4 Å². The molecule has 2 aliphatic heterocycles. The lowest BCUT2D eigenvalue weighted by Crippen LogP contribution is -2.61. The Balaban J connectivity index is 1.40. The number of hydrogen-bond acceptors (Lipinski definition) is 8. The Bertz CT molecular complexity index is 1310. The van der Waals surface area contributed by atoms with Gasteiger partial charge in [-0.05, 0) is 56.7 Å². The molecule has 1 amide bonds. The van der Waals surface area contributed by atoms with Crippen LogP contribution in [0.2, 0.25) is 0 Å². The van der Waals surface area contributed by atoms with Gasteiger partial charge in [0.05, 0.1) is 23.9 Å². The third-order valence-corrected chi connectivity index (χ3v) is 7.52. The van der Waals surface area contributed by atoms with E-state index in [1.165, 1.54) is 5.56 Å². The van der Waals surface area contributed by atoms with Gasteiger partial charge in [-0.2, -0.15) is 5.10 Å². The van der Waals surface area contributed by atoms with Crippen LogP contribution in [0.5, 0.6) is 0 Å². The Kier molecular flexibility index (Phi) is 7.33. The summed E-state index contributed by atoms with van der Waals surface area (Å²) in [6, 6.07) is 6.11. The minimum atomic E-state index is -0.880. The van der Waals surface area contributed by atoms with Crippen molar-refractivity contribution in [3.63, 3.8) is 0 Å². The summed E-state index contributed by atoms with van der Waals surface area (Å²) in [4.78, 5) is 30.3. The van der Waals surface area contributed by atoms with Gasteiger partial charge in [0.1, 0.15) is 17.5 Å². The van der Waals surface area contributed by atoms with Gasteiger partial charge >= 0.3 is 0 Å². The molecule has 5 heterocycles. The van der Waals surface area contributed by atoms with Gasteiger partial charge in [0.2, 0.25) is 5.91 Å². The van der Waals surface area contributed by atoms with Crippen molar-refractivity contribution in [2.75, 3.05) is 36.4 Å². The standard InChI is InChI=1S/C29H40N8O2/c1-20(2)12-22-6-9-30-24(13-22)32-25-14-26(36-18-29(19-36)7-10-35(11-8-29)21(3)38)34-27(33-25)23-15-31-37(16-23)17-28(4,5)39/h6,9,13-16,20,39H,7-8,10-12,17-19H2,1-5H3,(H,30,32,33,34). The van der Waals surface area contributed by atoms with Gasteiger partial charge < -0.3 is 20.2 Å². The lowest BCUT2D eigenvalue weighted by atomic mass is 9.72. The van der Waals surface area contributed by atoms with Gasteiger partial charge in [-0.15, -0.1) is 0 Å². The minimum absolute atomic E-state index is 0.161. The quantitative estimate of drug-likeness (QED) is 0.449. The van der Waals surface area contributed by atoms with E-state index in [4.69, 9.17) is 9.97 Å². The molecular formula is C29H40N8O2. The van der Waals surface area contributed by atoms with Crippen LogP contribution in [0.15, 0.2) is 36.8 Å². The maximum Gasteiger partial charge on any atom is 0.219 e. The smallest absolute Gasteiger partial charge is 0.219 e. The van der Waals surface area contributed by atoms with Gasteiger partial charge in [0, 0.05) is 57.0 Å². The molecule has 3 aromatic rings. The molecule has 2 saturated heterocycles. The van der Waals surface area contributed by atoms with E-state index in [1.807, 2.05) is 23.4 Å². The largest absolute Gasteiger partial charge is 0.389 e. The summed E-state index contributed by atoms with van der Waals surface area (Å²) in [6.07, 6.45) is 8.46. The highest BCUT2D eigenvalue weighted by Gasteiger charge is 2.45. The zero-order valence-corrected chi connectivity index (χ0v) is 23.7. The Labute approximate surface area is 230 Å². The molecule has 3 aromatic heterocycles. The van der Waals surface area contributed by atoms with Crippen LogP contribution in [0, 0.1) is 11.3 Å². The van der Waals surface area contributed by atoms with Crippen LogP contribution in [0.25, 0.3) is 11.4 Å². The predicted octanol–water partition coefficient (Wildman–Crippen LogP) is 3.90. The average molecular weight is 533 g/mol. The first-order valence-corrected chi connectivity index (χ1v) is 13.8. The number of nitrogens with zero attached hydrogens (tertiary/aromatic N) is 7. The number of carbonyl (C=O) groups excluding carboxylic acids is 1. The number of aliphatic hydroxyl groups is 1. The molecule has 0 saturated carbocycles. The lowest BCUT2D eigenvalue weighted by molar-refractivity contribution is -0.131. The number of carbonyl (C=O) groups is 1. The number of pyridine rings is 1. The second-order valence-corrected chi connectivity index (χ2v) is 12.3. The first kappa shape index (κ1) is 27.1. The average Bonchev–Trinajstić information content (AvgIpc) is 3.29. The highest BCUT2D eigenvalue weighted by atomic mass is 16.3. The summed E-state index contributed by atoms with van der Waals surface area (Å²) in [5, 5.41) is 18.1. The number of aromatic nitrogens is 5. The molecule has 0 atom stereocenters. The number of amides is 1. The van der Waals surface area contributed by atoms with Crippen molar-refractivity contribution >= 4 is 23.4 Å². The van der Waals surface area contributed by atoms with Crippen molar-refractivity contribution in [2.45, 2.75) is 66.0 Å². The van der Waals surface area contributed by atoms with E-state index < -0.39 is 5.60 Å². The van der Waals surface area contributed by atoms with Crippen LogP contribution in [0.1, 0.15) is 53.0 Å². The monoisotopic (exact) mass is 532 g/mol. The molecule has 0 aliphatic carbocycles. The van der Waals surface area contributed by atoms with Crippen molar-refractivity contribution in [1.82, 2.24) is 29.6 Å². The molecule has 208 valence electrons. The molecule has 10 nitrogen and oxygen atoms in total. The topological polar surface area (TPSA) is 112 Å². The summed E-state index contributed by atoms with van der Waals surface area (Å²) in [5.74, 6) is 3.57. The molecule has 1 spiro atoms. The number of anilines is 3. The third-order valence-electron chi connectivity index (χ3n) is 7.52. The number of nitrogens with one attached hydrogen (secondary N) is 1. The fourth-order valence-corrected chi connectivity index (χ4v) is 5.56. The van der Waals surface area contributed by atoms with Crippen LogP contribution in [0.3, 0.4) is 0 Å². The van der Waals surface area contributed by atoms with Crippen LogP contribution in [-0.2, 0) is 17.8 Å². The third kappa shape index (κ3) is 6.55. The summed E-state index contributed by atoms with van der Waals surface area (Å²) in [5.41, 5.74) is 1.37. The van der Waals surface area contributed by atoms with E-state index in [0.29, 0.717) is 24.1 Å². The van der Waals surface area contributed by atoms with E-state index in [2.05, 4.69) is 46.3 Å². The first-order chi connectivity index (χ1) is 18.5. The van der Waals surface area contributed by atoms with Gasteiger partial charge in [0.25, 0.3) is 0 Å².